The molecule has 0 aromatic heterocycles. The average Bonchev–Trinajstić information content (AvgIpc) is 2.91. The molecule has 2 rings (SSSR count). The maximum absolute atomic E-state index is 12.8. The Labute approximate surface area is 167 Å². The normalized spacial score (nSPS) is 15.9. The van der Waals surface area contributed by atoms with E-state index in [0.717, 1.165) is 25.7 Å². The van der Waals surface area contributed by atoms with E-state index in [4.69, 9.17) is 0 Å². The largest absolute Gasteiger partial charge is 0.348 e. The Morgan fingerprint density at radius 3 is 2.07 bits per heavy atom. The summed E-state index contributed by atoms with van der Waals surface area (Å²) in [5.74, 6) is -0.351. The van der Waals surface area contributed by atoms with Gasteiger partial charge in [0.1, 0.15) is 0 Å². The number of hydrogen-bond donors (Lipinski definition) is 1. The lowest BCUT2D eigenvalue weighted by molar-refractivity contribution is -0.130. The number of nitrogens with one attached hydrogen (secondary N) is 1. The standard InChI is InChI=1S/C19H30N4O4S/c1-21(2)19(25)15-22(3)14-18(24)20-16-8-10-17(11-9-16)28(26,27)23-12-6-4-5-7-13-23/h8-11H,4-7,12-15H2,1-3H3,(H,20,24). The highest BCUT2D eigenvalue weighted by Gasteiger charge is 2.25. The van der Waals surface area contributed by atoms with Crippen LogP contribution in [0.25, 0.3) is 0 Å². The first kappa shape index (κ1) is 22.3. The van der Waals surface area contributed by atoms with Gasteiger partial charge < -0.3 is 10.2 Å². The van der Waals surface area contributed by atoms with Crippen LogP contribution in [0.4, 0.5) is 5.69 Å². The molecule has 2 amide bonds. The third-order valence-corrected chi connectivity index (χ3v) is 6.57. The molecule has 1 aliphatic heterocycles. The molecule has 0 bridgehead atoms. The highest BCUT2D eigenvalue weighted by Crippen LogP contribution is 2.21. The number of benzene rings is 1. The summed E-state index contributed by atoms with van der Waals surface area (Å²) in [5.41, 5.74) is 0.521. The third-order valence-electron chi connectivity index (χ3n) is 4.66. The number of likely N-dealkylation sites (N-methyl/N-ethyl adjacent to an activating group) is 2. The van der Waals surface area contributed by atoms with Crippen LogP contribution in [0.1, 0.15) is 25.7 Å². The van der Waals surface area contributed by atoms with Crippen LogP contribution in [0, 0.1) is 0 Å². The van der Waals surface area contributed by atoms with E-state index in [1.807, 2.05) is 0 Å². The summed E-state index contributed by atoms with van der Waals surface area (Å²) >= 11 is 0. The maximum Gasteiger partial charge on any atom is 0.243 e. The molecule has 0 spiro atoms. The first-order valence-corrected chi connectivity index (χ1v) is 10.9. The molecule has 1 aliphatic rings. The lowest BCUT2D eigenvalue weighted by Gasteiger charge is -2.20. The fourth-order valence-electron chi connectivity index (χ4n) is 3.02. The number of anilines is 1. The second-order valence-electron chi connectivity index (χ2n) is 7.35. The van der Waals surface area contributed by atoms with Gasteiger partial charge in [0.25, 0.3) is 0 Å². The van der Waals surface area contributed by atoms with Crippen molar-refractivity contribution in [2.75, 3.05) is 52.6 Å². The number of hydrogen-bond acceptors (Lipinski definition) is 5. The fraction of sp³-hybridized carbons (Fsp3) is 0.579. The Hall–Kier alpha value is -1.97. The van der Waals surface area contributed by atoms with Gasteiger partial charge in [-0.05, 0) is 44.2 Å². The summed E-state index contributed by atoms with van der Waals surface area (Å²) in [6.07, 6.45) is 3.89. The van der Waals surface area contributed by atoms with Crippen molar-refractivity contribution < 1.29 is 18.0 Å². The summed E-state index contributed by atoms with van der Waals surface area (Å²) in [5, 5.41) is 2.73. The van der Waals surface area contributed by atoms with Crippen molar-refractivity contribution in [3.05, 3.63) is 24.3 Å². The smallest absolute Gasteiger partial charge is 0.243 e. The molecule has 0 saturated carbocycles. The van der Waals surface area contributed by atoms with Gasteiger partial charge in [0.2, 0.25) is 21.8 Å². The fourth-order valence-corrected chi connectivity index (χ4v) is 4.53. The van der Waals surface area contributed by atoms with E-state index in [1.165, 1.54) is 17.0 Å². The molecule has 0 radical (unpaired) electrons. The molecule has 0 unspecified atom stereocenters. The number of rotatable bonds is 7. The van der Waals surface area contributed by atoms with Crippen molar-refractivity contribution in [2.45, 2.75) is 30.6 Å². The molecule has 1 N–H and O–H groups in total. The van der Waals surface area contributed by atoms with Crippen LogP contribution < -0.4 is 5.32 Å². The highest BCUT2D eigenvalue weighted by molar-refractivity contribution is 7.89. The molecular formula is C19H30N4O4S. The van der Waals surface area contributed by atoms with Crippen LogP contribution in [-0.2, 0) is 19.6 Å². The molecule has 1 heterocycles. The van der Waals surface area contributed by atoms with Gasteiger partial charge in [-0.25, -0.2) is 8.42 Å². The predicted octanol–water partition coefficient (Wildman–Crippen LogP) is 1.21. The molecule has 1 saturated heterocycles. The van der Waals surface area contributed by atoms with Crippen molar-refractivity contribution in [1.29, 1.82) is 0 Å². The molecule has 0 aliphatic carbocycles. The van der Waals surface area contributed by atoms with Crippen molar-refractivity contribution >= 4 is 27.5 Å². The lowest BCUT2D eigenvalue weighted by Crippen LogP contribution is -2.38. The Balaban J connectivity index is 1.94. The van der Waals surface area contributed by atoms with Crippen LogP contribution >= 0.6 is 0 Å². The van der Waals surface area contributed by atoms with Crippen LogP contribution in [0.2, 0.25) is 0 Å². The van der Waals surface area contributed by atoms with Crippen molar-refractivity contribution in [3.63, 3.8) is 0 Å². The van der Waals surface area contributed by atoms with Crippen molar-refractivity contribution in [3.8, 4) is 0 Å². The zero-order chi connectivity index (χ0) is 20.7. The molecule has 156 valence electrons. The van der Waals surface area contributed by atoms with E-state index in [9.17, 15) is 18.0 Å². The van der Waals surface area contributed by atoms with E-state index in [2.05, 4.69) is 5.32 Å². The van der Waals surface area contributed by atoms with Crippen LogP contribution in [0.15, 0.2) is 29.2 Å². The van der Waals surface area contributed by atoms with E-state index in [1.54, 1.807) is 42.5 Å². The molecule has 0 atom stereocenters. The van der Waals surface area contributed by atoms with Crippen LogP contribution in [0.3, 0.4) is 0 Å². The Morgan fingerprint density at radius 2 is 1.54 bits per heavy atom. The van der Waals surface area contributed by atoms with Gasteiger partial charge in [-0.15, -0.1) is 0 Å². The second-order valence-corrected chi connectivity index (χ2v) is 9.29. The molecule has 8 nitrogen and oxygen atoms in total. The lowest BCUT2D eigenvalue weighted by atomic mass is 10.2. The summed E-state index contributed by atoms with van der Waals surface area (Å²) in [6.45, 7) is 1.32. The molecular weight excluding hydrogens is 380 g/mol. The third kappa shape index (κ3) is 6.29. The van der Waals surface area contributed by atoms with Gasteiger partial charge >= 0.3 is 0 Å². The monoisotopic (exact) mass is 410 g/mol. The van der Waals surface area contributed by atoms with Crippen molar-refractivity contribution in [2.24, 2.45) is 0 Å². The number of sulfonamides is 1. The topological polar surface area (TPSA) is 90.0 Å². The maximum atomic E-state index is 12.8. The van der Waals surface area contributed by atoms with Crippen molar-refractivity contribution in [1.82, 2.24) is 14.1 Å². The zero-order valence-electron chi connectivity index (χ0n) is 16.8. The number of amides is 2. The minimum Gasteiger partial charge on any atom is -0.348 e. The first-order valence-electron chi connectivity index (χ1n) is 9.49. The average molecular weight is 411 g/mol. The molecule has 9 heteroatoms. The van der Waals surface area contributed by atoms with E-state index >= 15 is 0 Å². The zero-order valence-corrected chi connectivity index (χ0v) is 17.7. The summed E-state index contributed by atoms with van der Waals surface area (Å²) < 4.78 is 27.1. The predicted molar refractivity (Wildman–Crippen MR) is 108 cm³/mol. The Morgan fingerprint density at radius 1 is 0.964 bits per heavy atom. The number of carbonyl (C=O) groups excluding carboxylic acids is 2. The number of nitrogens with zero attached hydrogens (tertiary/aromatic N) is 3. The van der Waals surface area contributed by atoms with Gasteiger partial charge in [-0.3, -0.25) is 14.5 Å². The highest BCUT2D eigenvalue weighted by atomic mass is 32.2. The Bertz CT molecular complexity index is 770. The second kappa shape index (κ2) is 9.99. The van der Waals surface area contributed by atoms with Gasteiger partial charge in [-0.2, -0.15) is 4.31 Å². The van der Waals surface area contributed by atoms with Crippen LogP contribution in [-0.4, -0.2) is 81.7 Å². The first-order chi connectivity index (χ1) is 13.2. The van der Waals surface area contributed by atoms with Gasteiger partial charge in [0, 0.05) is 32.9 Å². The van der Waals surface area contributed by atoms with E-state index in [0.29, 0.717) is 18.8 Å². The Kier molecular flexibility index (Phi) is 7.97. The van der Waals surface area contributed by atoms with Gasteiger partial charge in [-0.1, -0.05) is 12.8 Å². The van der Waals surface area contributed by atoms with Crippen LogP contribution in [0.5, 0.6) is 0 Å². The SMILES string of the molecule is CN(CC(=O)Nc1ccc(S(=O)(=O)N2CCCCCC2)cc1)CC(=O)N(C)C. The summed E-state index contributed by atoms with van der Waals surface area (Å²) in [6, 6.07) is 6.23. The van der Waals surface area contributed by atoms with E-state index < -0.39 is 10.0 Å². The molecule has 1 fully saturated rings. The number of carbonyl (C=O) groups is 2. The minimum atomic E-state index is -3.50. The molecule has 1 aromatic carbocycles. The van der Waals surface area contributed by atoms with E-state index in [-0.39, 0.29) is 29.8 Å². The molecule has 28 heavy (non-hydrogen) atoms. The minimum absolute atomic E-state index is 0.0629. The summed E-state index contributed by atoms with van der Waals surface area (Å²) in [4.78, 5) is 27.1. The summed E-state index contributed by atoms with van der Waals surface area (Å²) in [7, 11) is 1.52. The van der Waals surface area contributed by atoms with Gasteiger partial charge in [0.15, 0.2) is 0 Å². The molecule has 1 aromatic rings. The quantitative estimate of drug-likeness (QED) is 0.730. The van der Waals surface area contributed by atoms with Gasteiger partial charge in [0.05, 0.1) is 18.0 Å².